The molecule has 2 heterocycles. The maximum Gasteiger partial charge on any atom is 0.273 e. The summed E-state index contributed by atoms with van der Waals surface area (Å²) in [5.41, 5.74) is 2.82. The topological polar surface area (TPSA) is 101 Å². The van der Waals surface area contributed by atoms with Crippen molar-refractivity contribution in [1.82, 2.24) is 20.7 Å². The number of aliphatic hydroxyl groups is 1. The van der Waals surface area contributed by atoms with Gasteiger partial charge >= 0.3 is 0 Å². The van der Waals surface area contributed by atoms with Crippen molar-refractivity contribution in [3.8, 4) is 24.2 Å². The summed E-state index contributed by atoms with van der Waals surface area (Å²) >= 11 is 1.46. The van der Waals surface area contributed by atoms with Crippen LogP contribution >= 0.6 is 11.3 Å². The molecule has 2 aromatic heterocycles. The molecule has 7 nitrogen and oxygen atoms in total. The highest BCUT2D eigenvalue weighted by Crippen LogP contribution is 2.19. The van der Waals surface area contributed by atoms with Crippen molar-refractivity contribution in [2.75, 3.05) is 13.2 Å². The fourth-order valence-electron chi connectivity index (χ4n) is 1.80. The van der Waals surface area contributed by atoms with Crippen LogP contribution in [0.5, 0.6) is 0 Å². The SMILES string of the molecule is C#C.CCO.O=C(NCCc1nncs1)c1cc(-c2ccccc2)on1. The van der Waals surface area contributed by atoms with Crippen molar-refractivity contribution in [1.29, 1.82) is 0 Å². The monoisotopic (exact) mass is 372 g/mol. The first-order valence-electron chi connectivity index (χ1n) is 7.74. The Morgan fingerprint density at radius 3 is 2.62 bits per heavy atom. The summed E-state index contributed by atoms with van der Waals surface area (Å²) in [4.78, 5) is 12.0. The minimum Gasteiger partial charge on any atom is -0.397 e. The molecular formula is C18H20N4O3S. The number of carbonyl (C=O) groups excluding carboxylic acids is 1. The lowest BCUT2D eigenvalue weighted by molar-refractivity contribution is 0.0945. The van der Waals surface area contributed by atoms with E-state index in [1.165, 1.54) is 11.3 Å². The Hall–Kier alpha value is -3.02. The zero-order valence-electron chi connectivity index (χ0n) is 14.3. The molecule has 0 atom stereocenters. The molecule has 0 aliphatic carbocycles. The molecule has 3 aromatic rings. The first-order valence-corrected chi connectivity index (χ1v) is 8.62. The fourth-order valence-corrected chi connectivity index (χ4v) is 2.33. The second kappa shape index (κ2) is 12.4. The standard InChI is InChI=1S/C14H12N4O2S.C2H6O.C2H2/c19-14(15-7-6-13-17-16-9-21-13)11-8-12(20-18-11)10-4-2-1-3-5-10;1-2-3;1-2/h1-5,8-9H,6-7H2,(H,15,19);3H,2H2,1H3;1-2H. The second-order valence-corrected chi connectivity index (χ2v) is 5.51. The minimum absolute atomic E-state index is 0.250. The summed E-state index contributed by atoms with van der Waals surface area (Å²) in [7, 11) is 0. The Kier molecular flexibility index (Phi) is 9.99. The quantitative estimate of drug-likeness (QED) is 0.667. The largest absolute Gasteiger partial charge is 0.397 e. The number of hydrogen-bond donors (Lipinski definition) is 2. The number of amides is 1. The van der Waals surface area contributed by atoms with Crippen LogP contribution in [0.2, 0.25) is 0 Å². The van der Waals surface area contributed by atoms with Gasteiger partial charge < -0.3 is 14.9 Å². The van der Waals surface area contributed by atoms with E-state index in [1.54, 1.807) is 18.5 Å². The predicted octanol–water partition coefficient (Wildman–Crippen LogP) is 2.41. The maximum absolute atomic E-state index is 12.0. The van der Waals surface area contributed by atoms with Crippen molar-refractivity contribution in [2.24, 2.45) is 0 Å². The van der Waals surface area contributed by atoms with E-state index in [1.807, 2.05) is 30.3 Å². The van der Waals surface area contributed by atoms with E-state index in [9.17, 15) is 4.79 Å². The highest BCUT2D eigenvalue weighted by molar-refractivity contribution is 7.09. The predicted molar refractivity (Wildman–Crippen MR) is 101 cm³/mol. The number of aromatic nitrogens is 3. The Balaban J connectivity index is 0.000000615. The van der Waals surface area contributed by atoms with Gasteiger partial charge in [-0.2, -0.15) is 0 Å². The van der Waals surface area contributed by atoms with Crippen LogP contribution in [-0.4, -0.2) is 39.5 Å². The van der Waals surface area contributed by atoms with Crippen LogP contribution in [0.15, 0.2) is 46.4 Å². The van der Waals surface area contributed by atoms with Crippen LogP contribution in [0.4, 0.5) is 0 Å². The van der Waals surface area contributed by atoms with E-state index >= 15 is 0 Å². The van der Waals surface area contributed by atoms with Gasteiger partial charge in [-0.3, -0.25) is 4.79 Å². The average Bonchev–Trinajstić information content (AvgIpc) is 3.37. The second-order valence-electron chi connectivity index (χ2n) is 4.60. The molecule has 2 N–H and O–H groups in total. The molecule has 8 heteroatoms. The molecule has 0 unspecified atom stereocenters. The summed E-state index contributed by atoms with van der Waals surface area (Å²) in [6, 6.07) is 11.2. The van der Waals surface area contributed by atoms with E-state index in [4.69, 9.17) is 9.63 Å². The van der Waals surface area contributed by atoms with E-state index in [0.29, 0.717) is 18.7 Å². The fraction of sp³-hybridized carbons (Fsp3) is 0.222. The smallest absolute Gasteiger partial charge is 0.273 e. The number of hydrogen-bond acceptors (Lipinski definition) is 7. The first kappa shape index (κ1) is 21.0. The van der Waals surface area contributed by atoms with Gasteiger partial charge in [0.25, 0.3) is 5.91 Å². The van der Waals surface area contributed by atoms with Crippen LogP contribution in [0, 0.1) is 12.8 Å². The van der Waals surface area contributed by atoms with E-state index in [-0.39, 0.29) is 18.2 Å². The van der Waals surface area contributed by atoms with Crippen LogP contribution < -0.4 is 5.32 Å². The van der Waals surface area contributed by atoms with Gasteiger partial charge in [0.1, 0.15) is 10.5 Å². The van der Waals surface area contributed by atoms with Gasteiger partial charge in [0, 0.05) is 31.2 Å². The third-order valence-electron chi connectivity index (χ3n) is 2.83. The van der Waals surface area contributed by atoms with Gasteiger partial charge in [0.2, 0.25) is 0 Å². The normalized spacial score (nSPS) is 9.23. The average molecular weight is 372 g/mol. The van der Waals surface area contributed by atoms with Gasteiger partial charge in [0.05, 0.1) is 0 Å². The third kappa shape index (κ3) is 6.84. The van der Waals surface area contributed by atoms with Gasteiger partial charge in [-0.05, 0) is 6.92 Å². The van der Waals surface area contributed by atoms with Crippen molar-refractivity contribution >= 4 is 17.2 Å². The number of benzene rings is 1. The van der Waals surface area contributed by atoms with Crippen molar-refractivity contribution < 1.29 is 14.4 Å². The molecule has 3 rings (SSSR count). The number of terminal acetylenes is 1. The lowest BCUT2D eigenvalue weighted by Crippen LogP contribution is -2.25. The summed E-state index contributed by atoms with van der Waals surface area (Å²) < 4.78 is 5.19. The molecule has 0 radical (unpaired) electrons. The Labute approximate surface area is 156 Å². The molecule has 136 valence electrons. The number of rotatable bonds is 5. The van der Waals surface area contributed by atoms with Crippen molar-refractivity contribution in [2.45, 2.75) is 13.3 Å². The molecule has 1 amide bonds. The first-order chi connectivity index (χ1) is 12.7. The van der Waals surface area contributed by atoms with Crippen molar-refractivity contribution in [3.05, 3.63) is 52.6 Å². The van der Waals surface area contributed by atoms with Crippen LogP contribution in [-0.2, 0) is 6.42 Å². The Bertz CT molecular complexity index is 770. The van der Waals surface area contributed by atoms with E-state index in [0.717, 1.165) is 10.6 Å². The number of nitrogens with one attached hydrogen (secondary N) is 1. The molecule has 26 heavy (non-hydrogen) atoms. The van der Waals surface area contributed by atoms with Gasteiger partial charge in [-0.25, -0.2) is 0 Å². The van der Waals surface area contributed by atoms with E-state index < -0.39 is 0 Å². The van der Waals surface area contributed by atoms with Crippen LogP contribution in [0.1, 0.15) is 22.4 Å². The van der Waals surface area contributed by atoms with Crippen molar-refractivity contribution in [3.63, 3.8) is 0 Å². The molecule has 0 fully saturated rings. The van der Waals surface area contributed by atoms with Gasteiger partial charge in [-0.1, -0.05) is 35.5 Å². The molecule has 0 aliphatic rings. The third-order valence-corrected chi connectivity index (χ3v) is 3.59. The number of nitrogens with zero attached hydrogens (tertiary/aromatic N) is 3. The Morgan fingerprint density at radius 2 is 2.00 bits per heavy atom. The molecule has 0 spiro atoms. The summed E-state index contributed by atoms with van der Waals surface area (Å²) in [5, 5.41) is 22.7. The minimum atomic E-state index is -0.259. The molecule has 0 saturated heterocycles. The lowest BCUT2D eigenvalue weighted by atomic mass is 10.1. The molecule has 1 aromatic carbocycles. The van der Waals surface area contributed by atoms with Gasteiger partial charge in [-0.15, -0.1) is 34.4 Å². The van der Waals surface area contributed by atoms with Gasteiger partial charge in [0.15, 0.2) is 11.5 Å². The number of carbonyl (C=O) groups is 1. The lowest BCUT2D eigenvalue weighted by Gasteiger charge is -1.99. The Morgan fingerprint density at radius 1 is 1.31 bits per heavy atom. The maximum atomic E-state index is 12.0. The van der Waals surface area contributed by atoms with Crippen LogP contribution in [0.3, 0.4) is 0 Å². The number of aliphatic hydroxyl groups excluding tert-OH is 1. The molecule has 0 aliphatic heterocycles. The zero-order chi connectivity index (χ0) is 19.2. The molecule has 0 saturated carbocycles. The molecular weight excluding hydrogens is 352 g/mol. The van der Waals surface area contributed by atoms with E-state index in [2.05, 4.69) is 33.5 Å². The summed E-state index contributed by atoms with van der Waals surface area (Å²) in [5.74, 6) is 0.315. The molecule has 0 bridgehead atoms. The highest BCUT2D eigenvalue weighted by atomic mass is 32.1. The van der Waals surface area contributed by atoms with Crippen LogP contribution in [0.25, 0.3) is 11.3 Å². The summed E-state index contributed by atoms with van der Waals surface area (Å²) in [6.07, 6.45) is 8.65. The summed E-state index contributed by atoms with van der Waals surface area (Å²) in [6.45, 7) is 2.42. The zero-order valence-corrected chi connectivity index (χ0v) is 15.1. The highest BCUT2D eigenvalue weighted by Gasteiger charge is 2.13.